The highest BCUT2D eigenvalue weighted by molar-refractivity contribution is 7.97. The number of hydrogen-bond acceptors (Lipinski definition) is 7. The average molecular weight is 312 g/mol. The van der Waals surface area contributed by atoms with Crippen molar-refractivity contribution in [3.63, 3.8) is 0 Å². The number of nitrogens with two attached hydrogens (primary N) is 1. The summed E-state index contributed by atoms with van der Waals surface area (Å²) in [5, 5.41) is 8.68. The Morgan fingerprint density at radius 2 is 2.09 bits per heavy atom. The first-order valence-electron chi connectivity index (χ1n) is 6.60. The van der Waals surface area contributed by atoms with Crippen molar-refractivity contribution in [3.05, 3.63) is 48.7 Å². The number of nitrogens with one attached hydrogen (secondary N) is 1. The van der Waals surface area contributed by atoms with Gasteiger partial charge in [-0.2, -0.15) is 4.98 Å². The smallest absolute Gasteiger partial charge is 0.229 e. The Morgan fingerprint density at radius 3 is 2.91 bits per heavy atom. The lowest BCUT2D eigenvalue weighted by molar-refractivity contribution is 0.276. The van der Waals surface area contributed by atoms with Crippen LogP contribution in [0.25, 0.3) is 5.82 Å². The molecule has 0 amide bonds. The van der Waals surface area contributed by atoms with E-state index in [-0.39, 0.29) is 0 Å². The van der Waals surface area contributed by atoms with Gasteiger partial charge in [0.1, 0.15) is 6.61 Å². The molecule has 8 heteroatoms. The number of fused-ring (bicyclic) bond motifs is 3. The van der Waals surface area contributed by atoms with Crippen molar-refractivity contribution >= 4 is 23.6 Å². The van der Waals surface area contributed by atoms with Crippen molar-refractivity contribution in [2.75, 3.05) is 5.32 Å². The van der Waals surface area contributed by atoms with E-state index in [2.05, 4.69) is 20.3 Å². The summed E-state index contributed by atoms with van der Waals surface area (Å²) in [7, 11) is 0. The first-order valence-corrected chi connectivity index (χ1v) is 7.48. The van der Waals surface area contributed by atoms with Gasteiger partial charge in [-0.05, 0) is 36.2 Å². The van der Waals surface area contributed by atoms with Crippen LogP contribution in [0.4, 0.5) is 11.6 Å². The number of rotatable bonds is 3. The molecule has 0 aliphatic carbocycles. The van der Waals surface area contributed by atoms with E-state index in [1.807, 2.05) is 35.0 Å². The van der Waals surface area contributed by atoms with Crippen LogP contribution in [0.2, 0.25) is 0 Å². The van der Waals surface area contributed by atoms with Gasteiger partial charge >= 0.3 is 0 Å². The van der Waals surface area contributed by atoms with Gasteiger partial charge in [-0.3, -0.25) is 9.71 Å². The van der Waals surface area contributed by atoms with Crippen LogP contribution >= 0.6 is 11.9 Å². The zero-order valence-electron chi connectivity index (χ0n) is 11.4. The van der Waals surface area contributed by atoms with Gasteiger partial charge in [0.2, 0.25) is 5.95 Å². The molecule has 0 unspecified atom stereocenters. The predicted molar refractivity (Wildman–Crippen MR) is 83.3 cm³/mol. The van der Waals surface area contributed by atoms with Crippen LogP contribution in [0.1, 0.15) is 5.82 Å². The van der Waals surface area contributed by atoms with Crippen molar-refractivity contribution < 1.29 is 4.74 Å². The Balaban J connectivity index is 1.65. The summed E-state index contributed by atoms with van der Waals surface area (Å²) >= 11 is 1.21. The molecule has 3 aromatic rings. The van der Waals surface area contributed by atoms with Crippen LogP contribution < -0.4 is 15.2 Å². The van der Waals surface area contributed by atoms with E-state index in [9.17, 15) is 0 Å². The molecule has 1 aromatic carbocycles. The van der Waals surface area contributed by atoms with E-state index in [4.69, 9.17) is 9.88 Å². The molecular formula is C14H12N6OS. The van der Waals surface area contributed by atoms with E-state index < -0.39 is 0 Å². The van der Waals surface area contributed by atoms with Gasteiger partial charge in [0.05, 0.1) is 6.20 Å². The molecule has 3 heterocycles. The van der Waals surface area contributed by atoms with Crippen molar-refractivity contribution in [2.45, 2.75) is 11.5 Å². The molecular weight excluding hydrogens is 300 g/mol. The molecule has 1 aliphatic heterocycles. The lowest BCUT2D eigenvalue weighted by Gasteiger charge is -2.18. The largest absolute Gasteiger partial charge is 0.480 e. The lowest BCUT2D eigenvalue weighted by atomic mass is 10.3. The second-order valence-corrected chi connectivity index (χ2v) is 5.36. The standard InChI is InChI=1S/C14H12N6OS/c15-22-10-3-1-9(2-4-10)18-14-17-7-11-13(19-14)20-6-5-16-12(20)8-21-11/h1-7H,8,15H2,(H,17,18,19). The Hall–Kier alpha value is -2.58. The maximum atomic E-state index is 5.59. The summed E-state index contributed by atoms with van der Waals surface area (Å²) in [5.41, 5.74) is 0.889. The Kier molecular flexibility index (Phi) is 3.17. The van der Waals surface area contributed by atoms with Gasteiger partial charge in [-0.25, -0.2) is 9.97 Å². The second-order valence-electron chi connectivity index (χ2n) is 4.65. The van der Waals surface area contributed by atoms with Gasteiger partial charge in [0, 0.05) is 23.0 Å². The van der Waals surface area contributed by atoms with Gasteiger partial charge in [0.25, 0.3) is 0 Å². The topological polar surface area (TPSA) is 90.9 Å². The highest BCUT2D eigenvalue weighted by atomic mass is 32.2. The number of anilines is 2. The lowest BCUT2D eigenvalue weighted by Crippen LogP contribution is -2.15. The highest BCUT2D eigenvalue weighted by Gasteiger charge is 2.19. The number of imidazole rings is 1. The fourth-order valence-corrected chi connectivity index (χ4v) is 2.51. The molecule has 2 aromatic heterocycles. The van der Waals surface area contributed by atoms with Crippen LogP contribution in [0, 0.1) is 0 Å². The third-order valence-corrected chi connectivity index (χ3v) is 3.83. The normalized spacial score (nSPS) is 12.2. The zero-order chi connectivity index (χ0) is 14.9. The third kappa shape index (κ3) is 2.28. The molecule has 0 spiro atoms. The molecule has 110 valence electrons. The molecule has 0 radical (unpaired) electrons. The maximum absolute atomic E-state index is 5.59. The zero-order valence-corrected chi connectivity index (χ0v) is 12.2. The van der Waals surface area contributed by atoms with Crippen LogP contribution in [-0.2, 0) is 6.61 Å². The van der Waals surface area contributed by atoms with E-state index in [0.717, 1.165) is 16.4 Å². The quantitative estimate of drug-likeness (QED) is 0.717. The van der Waals surface area contributed by atoms with E-state index in [1.54, 1.807) is 12.4 Å². The summed E-state index contributed by atoms with van der Waals surface area (Å²) < 4.78 is 7.49. The van der Waals surface area contributed by atoms with Gasteiger partial charge in [-0.1, -0.05) is 0 Å². The number of aromatic nitrogens is 4. The second kappa shape index (κ2) is 5.32. The molecule has 3 N–H and O–H groups in total. The first-order chi connectivity index (χ1) is 10.8. The fourth-order valence-electron chi connectivity index (χ4n) is 2.22. The Bertz CT molecular complexity index is 816. The highest BCUT2D eigenvalue weighted by Crippen LogP contribution is 2.28. The summed E-state index contributed by atoms with van der Waals surface area (Å²) in [6, 6.07) is 7.72. The minimum Gasteiger partial charge on any atom is -0.480 e. The number of hydrogen-bond donors (Lipinski definition) is 2. The monoisotopic (exact) mass is 312 g/mol. The molecule has 0 bridgehead atoms. The van der Waals surface area contributed by atoms with Crippen molar-refractivity contribution in [1.82, 2.24) is 19.5 Å². The summed E-state index contributed by atoms with van der Waals surface area (Å²) in [5.74, 6) is 2.65. The summed E-state index contributed by atoms with van der Waals surface area (Å²) in [6.45, 7) is 0.425. The first kappa shape index (κ1) is 13.1. The van der Waals surface area contributed by atoms with E-state index in [0.29, 0.717) is 24.1 Å². The van der Waals surface area contributed by atoms with Crippen LogP contribution in [0.5, 0.6) is 5.75 Å². The molecule has 0 atom stereocenters. The van der Waals surface area contributed by atoms with Crippen molar-refractivity contribution in [3.8, 4) is 11.6 Å². The number of nitrogens with zero attached hydrogens (tertiary/aromatic N) is 4. The van der Waals surface area contributed by atoms with Crippen molar-refractivity contribution in [1.29, 1.82) is 0 Å². The van der Waals surface area contributed by atoms with Gasteiger partial charge in [-0.15, -0.1) is 0 Å². The predicted octanol–water partition coefficient (Wildman–Crippen LogP) is 2.26. The Labute approximate surface area is 130 Å². The fraction of sp³-hybridized carbons (Fsp3) is 0.0714. The molecule has 0 fully saturated rings. The molecule has 0 saturated heterocycles. The molecule has 4 rings (SSSR count). The number of ether oxygens (including phenoxy) is 1. The average Bonchev–Trinajstić information content (AvgIpc) is 3.05. The van der Waals surface area contributed by atoms with Gasteiger partial charge in [0.15, 0.2) is 17.4 Å². The minimum absolute atomic E-state index is 0.425. The number of benzene rings is 1. The Morgan fingerprint density at radius 1 is 1.23 bits per heavy atom. The van der Waals surface area contributed by atoms with Crippen molar-refractivity contribution in [2.24, 2.45) is 5.14 Å². The minimum atomic E-state index is 0.425. The van der Waals surface area contributed by atoms with Crippen LogP contribution in [-0.4, -0.2) is 19.5 Å². The van der Waals surface area contributed by atoms with Crippen LogP contribution in [0.3, 0.4) is 0 Å². The molecule has 1 aliphatic rings. The van der Waals surface area contributed by atoms with E-state index in [1.165, 1.54) is 11.9 Å². The summed E-state index contributed by atoms with van der Waals surface area (Å²) in [4.78, 5) is 14.0. The molecule has 0 saturated carbocycles. The molecule has 7 nitrogen and oxygen atoms in total. The third-order valence-electron chi connectivity index (χ3n) is 3.29. The van der Waals surface area contributed by atoms with E-state index >= 15 is 0 Å². The summed E-state index contributed by atoms with van der Waals surface area (Å²) in [6.07, 6.45) is 5.25. The maximum Gasteiger partial charge on any atom is 0.229 e. The van der Waals surface area contributed by atoms with Crippen LogP contribution in [0.15, 0.2) is 47.8 Å². The SMILES string of the molecule is NSc1ccc(Nc2ncc3c(n2)-n2ccnc2CO3)cc1. The van der Waals surface area contributed by atoms with Gasteiger partial charge < -0.3 is 10.1 Å². The molecule has 22 heavy (non-hydrogen) atoms.